The summed E-state index contributed by atoms with van der Waals surface area (Å²) in [6.07, 6.45) is 1.02. The fourth-order valence-corrected chi connectivity index (χ4v) is 4.09. The van der Waals surface area contributed by atoms with Gasteiger partial charge in [0, 0.05) is 37.3 Å². The predicted octanol–water partition coefficient (Wildman–Crippen LogP) is 0.330. The fourth-order valence-electron chi connectivity index (χ4n) is 2.56. The van der Waals surface area contributed by atoms with Gasteiger partial charge in [-0.1, -0.05) is 0 Å². The summed E-state index contributed by atoms with van der Waals surface area (Å²) < 4.78 is 26.2. The summed E-state index contributed by atoms with van der Waals surface area (Å²) >= 11 is 0. The molecule has 2 unspecified atom stereocenters. The van der Waals surface area contributed by atoms with Crippen LogP contribution in [0.15, 0.2) is 29.2 Å². The third-order valence-electron chi connectivity index (χ3n) is 3.57. The molecule has 1 aromatic carbocycles. The average Bonchev–Trinajstić information content (AvgIpc) is 2.38. The highest BCUT2D eigenvalue weighted by Gasteiger charge is 2.41. The zero-order valence-corrected chi connectivity index (χ0v) is 10.8. The van der Waals surface area contributed by atoms with Crippen molar-refractivity contribution < 1.29 is 13.3 Å². The van der Waals surface area contributed by atoms with E-state index in [2.05, 4.69) is 5.32 Å². The maximum absolute atomic E-state index is 12.4. The molecule has 2 bridgehead atoms. The van der Waals surface area contributed by atoms with E-state index in [0.717, 1.165) is 6.42 Å². The van der Waals surface area contributed by atoms with Gasteiger partial charge in [0.05, 0.1) is 9.82 Å². The second kappa shape index (κ2) is 4.26. The normalized spacial score (nSPS) is 26.7. The van der Waals surface area contributed by atoms with Gasteiger partial charge in [-0.25, -0.2) is 8.42 Å². The Morgan fingerprint density at radius 2 is 1.74 bits per heavy atom. The Balaban J connectivity index is 1.85. The summed E-state index contributed by atoms with van der Waals surface area (Å²) in [6, 6.07) is 5.51. The van der Waals surface area contributed by atoms with Crippen molar-refractivity contribution in [1.29, 1.82) is 0 Å². The molecule has 7 nitrogen and oxygen atoms in total. The number of non-ortho nitro benzene ring substituents is 1. The van der Waals surface area contributed by atoms with Crippen molar-refractivity contribution in [1.82, 2.24) is 9.62 Å². The highest BCUT2D eigenvalue weighted by atomic mass is 32.2. The quantitative estimate of drug-likeness (QED) is 0.637. The summed E-state index contributed by atoms with van der Waals surface area (Å²) in [4.78, 5) is 10.1. The van der Waals surface area contributed by atoms with Crippen LogP contribution in [0.4, 0.5) is 5.69 Å². The smallest absolute Gasteiger partial charge is 0.269 e. The number of nitrogens with zero attached hydrogens (tertiary/aromatic N) is 2. The molecule has 4 rings (SSSR count). The molecular weight excluding hydrogens is 270 g/mol. The lowest BCUT2D eigenvalue weighted by molar-refractivity contribution is -0.384. The van der Waals surface area contributed by atoms with Crippen LogP contribution in [0.25, 0.3) is 0 Å². The summed E-state index contributed by atoms with van der Waals surface area (Å²) in [5, 5.41) is 13.8. The first-order chi connectivity index (χ1) is 8.96. The van der Waals surface area contributed by atoms with Crippen LogP contribution in [0.2, 0.25) is 0 Å². The van der Waals surface area contributed by atoms with E-state index >= 15 is 0 Å². The fraction of sp³-hybridized carbons (Fsp3) is 0.455. The number of rotatable bonds is 3. The SMILES string of the molecule is O=[N+]([O-])c1ccc(S(=O)(=O)N2CC3CC(C2)N3)cc1. The monoisotopic (exact) mass is 283 g/mol. The van der Waals surface area contributed by atoms with Gasteiger partial charge in [0.15, 0.2) is 0 Å². The third kappa shape index (κ3) is 2.11. The first-order valence-electron chi connectivity index (χ1n) is 5.97. The van der Waals surface area contributed by atoms with E-state index in [9.17, 15) is 18.5 Å². The van der Waals surface area contributed by atoms with Crippen molar-refractivity contribution in [2.45, 2.75) is 23.4 Å². The minimum absolute atomic E-state index is 0.109. The molecule has 2 atom stereocenters. The van der Waals surface area contributed by atoms with E-state index in [4.69, 9.17) is 0 Å². The van der Waals surface area contributed by atoms with E-state index in [1.165, 1.54) is 28.6 Å². The van der Waals surface area contributed by atoms with Crippen LogP contribution in [0.1, 0.15) is 6.42 Å². The van der Waals surface area contributed by atoms with Crippen LogP contribution in [0.3, 0.4) is 0 Å². The van der Waals surface area contributed by atoms with E-state index < -0.39 is 14.9 Å². The van der Waals surface area contributed by atoms with Gasteiger partial charge in [-0.3, -0.25) is 10.1 Å². The zero-order chi connectivity index (χ0) is 13.6. The minimum atomic E-state index is -3.54. The number of benzene rings is 1. The standard InChI is InChI=1S/C11H13N3O4S/c15-14(16)10-1-3-11(4-2-10)19(17,18)13-6-8-5-9(7-13)12-8/h1-4,8-9,12H,5-7H2. The van der Waals surface area contributed by atoms with Crippen molar-refractivity contribution in [2.24, 2.45) is 0 Å². The van der Waals surface area contributed by atoms with E-state index in [0.29, 0.717) is 13.1 Å². The van der Waals surface area contributed by atoms with Crippen molar-refractivity contribution in [3.05, 3.63) is 34.4 Å². The molecule has 0 aliphatic carbocycles. The number of fused-ring (bicyclic) bond motifs is 2. The number of piperidine rings is 1. The molecule has 3 aliphatic heterocycles. The lowest BCUT2D eigenvalue weighted by Gasteiger charge is -2.47. The highest BCUT2D eigenvalue weighted by molar-refractivity contribution is 7.89. The Morgan fingerprint density at radius 1 is 1.21 bits per heavy atom. The second-order valence-corrected chi connectivity index (χ2v) is 6.81. The summed E-state index contributed by atoms with van der Waals surface area (Å²) in [5.41, 5.74) is -0.109. The van der Waals surface area contributed by atoms with Crippen LogP contribution < -0.4 is 5.32 Å². The molecule has 3 saturated heterocycles. The van der Waals surface area contributed by atoms with Gasteiger partial charge in [-0.15, -0.1) is 0 Å². The van der Waals surface area contributed by atoms with Crippen LogP contribution >= 0.6 is 0 Å². The molecule has 1 N–H and O–H groups in total. The largest absolute Gasteiger partial charge is 0.308 e. The molecule has 0 radical (unpaired) electrons. The molecule has 1 aromatic rings. The van der Waals surface area contributed by atoms with Crippen LogP contribution in [0, 0.1) is 10.1 Å². The average molecular weight is 283 g/mol. The maximum Gasteiger partial charge on any atom is 0.269 e. The number of hydrogen-bond acceptors (Lipinski definition) is 5. The molecule has 3 heterocycles. The molecule has 0 amide bonds. The maximum atomic E-state index is 12.4. The van der Waals surface area contributed by atoms with Gasteiger partial charge in [0.25, 0.3) is 5.69 Å². The molecule has 19 heavy (non-hydrogen) atoms. The van der Waals surface area contributed by atoms with Gasteiger partial charge >= 0.3 is 0 Å². The Bertz CT molecular complexity index is 597. The minimum Gasteiger partial charge on any atom is -0.308 e. The first kappa shape index (κ1) is 12.5. The molecule has 102 valence electrons. The molecule has 3 aliphatic rings. The van der Waals surface area contributed by atoms with Crippen LogP contribution in [-0.4, -0.2) is 42.8 Å². The van der Waals surface area contributed by atoms with E-state index in [1.54, 1.807) is 0 Å². The predicted molar refractivity (Wildman–Crippen MR) is 67.2 cm³/mol. The van der Waals surface area contributed by atoms with Gasteiger partial charge in [0.1, 0.15) is 0 Å². The van der Waals surface area contributed by atoms with Crippen molar-refractivity contribution in [3.8, 4) is 0 Å². The van der Waals surface area contributed by atoms with Crippen molar-refractivity contribution in [2.75, 3.05) is 13.1 Å². The molecule has 0 saturated carbocycles. The number of hydrogen-bond donors (Lipinski definition) is 1. The number of nitrogens with one attached hydrogen (secondary N) is 1. The summed E-state index contributed by atoms with van der Waals surface area (Å²) in [6.45, 7) is 0.936. The van der Waals surface area contributed by atoms with E-state index in [-0.39, 0.29) is 22.7 Å². The molecule has 0 spiro atoms. The van der Waals surface area contributed by atoms with Crippen LogP contribution in [-0.2, 0) is 10.0 Å². The summed E-state index contributed by atoms with van der Waals surface area (Å²) in [5.74, 6) is 0. The molecule has 0 aromatic heterocycles. The van der Waals surface area contributed by atoms with Gasteiger partial charge in [-0.05, 0) is 18.6 Å². The highest BCUT2D eigenvalue weighted by Crippen LogP contribution is 2.27. The lowest BCUT2D eigenvalue weighted by atomic mass is 9.93. The Hall–Kier alpha value is -1.51. The number of nitro groups is 1. The van der Waals surface area contributed by atoms with Crippen molar-refractivity contribution >= 4 is 15.7 Å². The van der Waals surface area contributed by atoms with Gasteiger partial charge in [0.2, 0.25) is 10.0 Å². The van der Waals surface area contributed by atoms with Crippen molar-refractivity contribution in [3.63, 3.8) is 0 Å². The lowest BCUT2D eigenvalue weighted by Crippen LogP contribution is -2.67. The summed E-state index contributed by atoms with van der Waals surface area (Å²) in [7, 11) is -3.54. The van der Waals surface area contributed by atoms with Crippen LogP contribution in [0.5, 0.6) is 0 Å². The topological polar surface area (TPSA) is 92.5 Å². The Kier molecular flexibility index (Phi) is 2.80. The third-order valence-corrected chi connectivity index (χ3v) is 5.42. The zero-order valence-electron chi connectivity index (χ0n) is 10.0. The number of sulfonamides is 1. The Morgan fingerprint density at radius 3 is 2.21 bits per heavy atom. The van der Waals surface area contributed by atoms with E-state index in [1.807, 2.05) is 0 Å². The number of piperazine rings is 1. The van der Waals surface area contributed by atoms with Gasteiger partial charge in [-0.2, -0.15) is 4.31 Å². The molecule has 8 heteroatoms. The first-order valence-corrected chi connectivity index (χ1v) is 7.41. The number of nitro benzene ring substituents is 1. The Labute approximate surface area is 110 Å². The molecular formula is C11H13N3O4S. The molecule has 3 fully saturated rings. The van der Waals surface area contributed by atoms with Gasteiger partial charge < -0.3 is 5.32 Å². The second-order valence-electron chi connectivity index (χ2n) is 4.87.